The standard InChI is InChI=1S/C7H14N2O2/c1-8(5-6-9(10)11)7-3-2-4-7/h7H,2-6H2,1H3. The first-order chi connectivity index (χ1) is 5.20. The number of hydrogen-bond acceptors (Lipinski definition) is 3. The monoisotopic (exact) mass is 158 g/mol. The average Bonchev–Trinajstić information content (AvgIpc) is 1.79. The summed E-state index contributed by atoms with van der Waals surface area (Å²) in [5, 5.41) is 10.0. The van der Waals surface area contributed by atoms with Gasteiger partial charge in [0.05, 0.1) is 6.54 Å². The highest BCUT2D eigenvalue weighted by Gasteiger charge is 2.22. The fraction of sp³-hybridized carbons (Fsp3) is 1.00. The Morgan fingerprint density at radius 1 is 1.64 bits per heavy atom. The van der Waals surface area contributed by atoms with Gasteiger partial charge in [-0.3, -0.25) is 15.0 Å². The summed E-state index contributed by atoms with van der Waals surface area (Å²) in [4.78, 5) is 11.8. The van der Waals surface area contributed by atoms with Crippen molar-refractivity contribution in [2.75, 3.05) is 20.1 Å². The van der Waals surface area contributed by atoms with Crippen LogP contribution in [0.5, 0.6) is 0 Å². The van der Waals surface area contributed by atoms with Gasteiger partial charge in [-0.25, -0.2) is 0 Å². The zero-order valence-corrected chi connectivity index (χ0v) is 6.82. The van der Waals surface area contributed by atoms with Crippen LogP contribution >= 0.6 is 0 Å². The lowest BCUT2D eigenvalue weighted by Crippen LogP contribution is -2.39. The molecule has 1 aliphatic rings. The van der Waals surface area contributed by atoms with Gasteiger partial charge in [0.1, 0.15) is 0 Å². The molecule has 0 heterocycles. The maximum Gasteiger partial charge on any atom is 0.216 e. The average molecular weight is 158 g/mol. The van der Waals surface area contributed by atoms with Crippen molar-refractivity contribution in [2.45, 2.75) is 25.3 Å². The Balaban J connectivity index is 2.09. The highest BCUT2D eigenvalue weighted by molar-refractivity contribution is 4.77. The molecule has 4 heteroatoms. The highest BCUT2D eigenvalue weighted by Crippen LogP contribution is 2.22. The van der Waals surface area contributed by atoms with E-state index in [1.807, 2.05) is 7.05 Å². The van der Waals surface area contributed by atoms with Crippen LogP contribution in [0.1, 0.15) is 19.3 Å². The molecule has 4 nitrogen and oxygen atoms in total. The van der Waals surface area contributed by atoms with Crippen LogP contribution in [0.3, 0.4) is 0 Å². The predicted molar refractivity (Wildman–Crippen MR) is 42.1 cm³/mol. The molecule has 1 aliphatic carbocycles. The molecule has 1 fully saturated rings. The van der Waals surface area contributed by atoms with E-state index in [1.54, 1.807) is 0 Å². The number of nitro groups is 1. The normalized spacial score (nSPS) is 18.4. The Labute approximate surface area is 66.3 Å². The van der Waals surface area contributed by atoms with E-state index in [-0.39, 0.29) is 11.5 Å². The molecule has 11 heavy (non-hydrogen) atoms. The Morgan fingerprint density at radius 3 is 2.64 bits per heavy atom. The van der Waals surface area contributed by atoms with Gasteiger partial charge in [0, 0.05) is 11.0 Å². The van der Waals surface area contributed by atoms with Gasteiger partial charge in [0.15, 0.2) is 0 Å². The molecule has 0 amide bonds. The van der Waals surface area contributed by atoms with Gasteiger partial charge >= 0.3 is 0 Å². The number of likely N-dealkylation sites (N-methyl/N-ethyl adjacent to an activating group) is 1. The minimum atomic E-state index is -0.255. The zero-order chi connectivity index (χ0) is 8.27. The van der Waals surface area contributed by atoms with Crippen LogP contribution in [0.2, 0.25) is 0 Å². The first-order valence-corrected chi connectivity index (χ1v) is 4.02. The molecule has 0 N–H and O–H groups in total. The van der Waals surface area contributed by atoms with Gasteiger partial charge in [-0.15, -0.1) is 0 Å². The van der Waals surface area contributed by atoms with E-state index < -0.39 is 0 Å². The van der Waals surface area contributed by atoms with E-state index in [4.69, 9.17) is 0 Å². The van der Waals surface area contributed by atoms with Gasteiger partial charge in [-0.2, -0.15) is 0 Å². The van der Waals surface area contributed by atoms with Crippen LogP contribution in [-0.2, 0) is 0 Å². The highest BCUT2D eigenvalue weighted by atomic mass is 16.6. The van der Waals surface area contributed by atoms with Crippen molar-refractivity contribution in [3.8, 4) is 0 Å². The largest absolute Gasteiger partial charge is 0.297 e. The first kappa shape index (κ1) is 8.46. The molecule has 0 atom stereocenters. The third-order valence-corrected chi connectivity index (χ3v) is 2.33. The van der Waals surface area contributed by atoms with Crippen LogP contribution in [0.25, 0.3) is 0 Å². The fourth-order valence-corrected chi connectivity index (χ4v) is 1.25. The molecule has 0 saturated heterocycles. The molecule has 0 radical (unpaired) electrons. The van der Waals surface area contributed by atoms with E-state index in [1.165, 1.54) is 19.3 Å². The van der Waals surface area contributed by atoms with E-state index in [2.05, 4.69) is 4.90 Å². The molecule has 0 bridgehead atoms. The molecular weight excluding hydrogens is 144 g/mol. The van der Waals surface area contributed by atoms with Gasteiger partial charge < -0.3 is 0 Å². The topological polar surface area (TPSA) is 46.4 Å². The van der Waals surface area contributed by atoms with Crippen molar-refractivity contribution in [2.24, 2.45) is 0 Å². The maximum absolute atomic E-state index is 10.0. The summed E-state index contributed by atoms with van der Waals surface area (Å²) in [6, 6.07) is 0.620. The molecular formula is C7H14N2O2. The molecule has 0 unspecified atom stereocenters. The maximum atomic E-state index is 10.0. The molecule has 0 spiro atoms. The second-order valence-corrected chi connectivity index (χ2v) is 3.12. The molecule has 0 aliphatic heterocycles. The second-order valence-electron chi connectivity index (χ2n) is 3.12. The lowest BCUT2D eigenvalue weighted by Gasteiger charge is -2.33. The Hall–Kier alpha value is -0.640. The van der Waals surface area contributed by atoms with Crippen LogP contribution in [0.4, 0.5) is 0 Å². The Bertz CT molecular complexity index is 145. The Morgan fingerprint density at radius 2 is 2.27 bits per heavy atom. The van der Waals surface area contributed by atoms with Crippen molar-refractivity contribution in [3.63, 3.8) is 0 Å². The third-order valence-electron chi connectivity index (χ3n) is 2.33. The summed E-state index contributed by atoms with van der Waals surface area (Å²) in [7, 11) is 1.97. The minimum Gasteiger partial charge on any atom is -0.297 e. The number of rotatable bonds is 4. The molecule has 0 aromatic heterocycles. The van der Waals surface area contributed by atoms with Crippen molar-refractivity contribution in [1.82, 2.24) is 4.90 Å². The van der Waals surface area contributed by atoms with E-state index in [9.17, 15) is 10.1 Å². The first-order valence-electron chi connectivity index (χ1n) is 4.02. The van der Waals surface area contributed by atoms with Crippen LogP contribution < -0.4 is 0 Å². The van der Waals surface area contributed by atoms with Crippen LogP contribution in [-0.4, -0.2) is 36.0 Å². The molecule has 1 saturated carbocycles. The van der Waals surface area contributed by atoms with Crippen LogP contribution in [0, 0.1) is 10.1 Å². The molecule has 0 aromatic rings. The SMILES string of the molecule is CN(CC[N+](=O)[O-])C1CCC1. The minimum absolute atomic E-state index is 0.0764. The summed E-state index contributed by atoms with van der Waals surface area (Å²) in [6.45, 7) is 0.671. The zero-order valence-electron chi connectivity index (χ0n) is 6.82. The third kappa shape index (κ3) is 2.46. The van der Waals surface area contributed by atoms with Gasteiger partial charge in [0.25, 0.3) is 0 Å². The van der Waals surface area contributed by atoms with Crippen molar-refractivity contribution >= 4 is 0 Å². The van der Waals surface area contributed by atoms with Crippen molar-refractivity contribution in [1.29, 1.82) is 0 Å². The van der Waals surface area contributed by atoms with E-state index in [0.29, 0.717) is 12.6 Å². The summed E-state index contributed by atoms with van der Waals surface area (Å²) < 4.78 is 0. The lowest BCUT2D eigenvalue weighted by atomic mass is 9.92. The molecule has 0 aromatic carbocycles. The summed E-state index contributed by atoms with van der Waals surface area (Å²) in [5.74, 6) is 0. The summed E-state index contributed by atoms with van der Waals surface area (Å²) >= 11 is 0. The summed E-state index contributed by atoms with van der Waals surface area (Å²) in [6.07, 6.45) is 3.72. The quantitative estimate of drug-likeness (QED) is 0.448. The molecule has 64 valence electrons. The van der Waals surface area contributed by atoms with Crippen molar-refractivity contribution < 1.29 is 4.92 Å². The molecule has 1 rings (SSSR count). The smallest absolute Gasteiger partial charge is 0.216 e. The summed E-state index contributed by atoms with van der Waals surface area (Å²) in [5.41, 5.74) is 0. The Kier molecular flexibility index (Phi) is 2.82. The lowest BCUT2D eigenvalue weighted by molar-refractivity contribution is -0.480. The van der Waals surface area contributed by atoms with Gasteiger partial charge in [-0.1, -0.05) is 6.42 Å². The number of hydrogen-bond donors (Lipinski definition) is 0. The van der Waals surface area contributed by atoms with Crippen molar-refractivity contribution in [3.05, 3.63) is 10.1 Å². The van der Waals surface area contributed by atoms with Crippen LogP contribution in [0.15, 0.2) is 0 Å². The second kappa shape index (κ2) is 3.67. The predicted octanol–water partition coefficient (Wildman–Crippen LogP) is 0.747. The fourth-order valence-electron chi connectivity index (χ4n) is 1.25. The van der Waals surface area contributed by atoms with Gasteiger partial charge in [-0.05, 0) is 19.9 Å². The van der Waals surface area contributed by atoms with E-state index in [0.717, 1.165) is 0 Å². The van der Waals surface area contributed by atoms with E-state index >= 15 is 0 Å². The number of nitrogens with zero attached hydrogens (tertiary/aromatic N) is 2. The van der Waals surface area contributed by atoms with Gasteiger partial charge in [0.2, 0.25) is 6.54 Å².